The molecule has 0 atom stereocenters. The first kappa shape index (κ1) is 14.5. The summed E-state index contributed by atoms with van der Waals surface area (Å²) in [4.78, 5) is 13.5. The van der Waals surface area contributed by atoms with Crippen LogP contribution in [0.25, 0.3) is 0 Å². The number of carbonyl (C=O) groups excluding carboxylic acids is 1. The number of rotatable bonds is 7. The lowest BCUT2D eigenvalue weighted by molar-refractivity contribution is 0.0615. The fraction of sp³-hybridized carbons (Fsp3) is 0.636. The van der Waals surface area contributed by atoms with Gasteiger partial charge in [0.15, 0.2) is 5.69 Å². The van der Waals surface area contributed by atoms with E-state index in [2.05, 4.69) is 10.2 Å². The van der Waals surface area contributed by atoms with E-state index in [-0.39, 0.29) is 24.8 Å². The summed E-state index contributed by atoms with van der Waals surface area (Å²) in [5.74, 6) is -0.240. The molecule has 1 aromatic heterocycles. The fourth-order valence-corrected chi connectivity index (χ4v) is 1.47. The van der Waals surface area contributed by atoms with Crippen molar-refractivity contribution in [3.63, 3.8) is 0 Å². The van der Waals surface area contributed by atoms with Crippen LogP contribution < -0.4 is 5.73 Å². The second kappa shape index (κ2) is 6.97. The third kappa shape index (κ3) is 3.44. The van der Waals surface area contributed by atoms with Crippen LogP contribution in [0.4, 0.5) is 5.69 Å². The molecule has 102 valence electrons. The van der Waals surface area contributed by atoms with Gasteiger partial charge in [-0.3, -0.25) is 9.89 Å². The van der Waals surface area contributed by atoms with Crippen LogP contribution in [0.2, 0.25) is 0 Å². The maximum atomic E-state index is 12.0. The summed E-state index contributed by atoms with van der Waals surface area (Å²) in [6, 6.07) is 0. The maximum absolute atomic E-state index is 12.0. The zero-order valence-corrected chi connectivity index (χ0v) is 10.8. The van der Waals surface area contributed by atoms with Crippen molar-refractivity contribution in [1.29, 1.82) is 0 Å². The molecule has 0 saturated heterocycles. The van der Waals surface area contributed by atoms with Gasteiger partial charge in [-0.25, -0.2) is 0 Å². The van der Waals surface area contributed by atoms with Crippen molar-refractivity contribution < 1.29 is 14.6 Å². The van der Waals surface area contributed by atoms with Crippen molar-refractivity contribution in [2.45, 2.75) is 13.3 Å². The Labute approximate surface area is 106 Å². The first-order chi connectivity index (χ1) is 8.61. The minimum absolute atomic E-state index is 0.0240. The standard InChI is InChI=1S/C11H20N4O3/c1-3-8-9(12)10(14-13-8)11(17)15(2)4-6-18-7-5-16/h16H,3-7,12H2,1-2H3,(H,13,14). The Morgan fingerprint density at radius 2 is 2.28 bits per heavy atom. The number of hydrogen-bond donors (Lipinski definition) is 3. The predicted molar refractivity (Wildman–Crippen MR) is 67.2 cm³/mol. The maximum Gasteiger partial charge on any atom is 0.276 e. The third-order valence-electron chi connectivity index (χ3n) is 2.59. The van der Waals surface area contributed by atoms with E-state index < -0.39 is 0 Å². The summed E-state index contributed by atoms with van der Waals surface area (Å²) in [6.45, 7) is 2.97. The van der Waals surface area contributed by atoms with Crippen LogP contribution in [0, 0.1) is 0 Å². The normalized spacial score (nSPS) is 10.6. The molecule has 0 fully saturated rings. The van der Waals surface area contributed by atoms with Crippen molar-refractivity contribution in [3.8, 4) is 0 Å². The largest absolute Gasteiger partial charge is 0.395 e. The van der Waals surface area contributed by atoms with Crippen molar-refractivity contribution in [3.05, 3.63) is 11.4 Å². The van der Waals surface area contributed by atoms with Crippen LogP contribution in [0.1, 0.15) is 23.1 Å². The van der Waals surface area contributed by atoms with Gasteiger partial charge in [-0.1, -0.05) is 6.92 Å². The van der Waals surface area contributed by atoms with Gasteiger partial charge in [0.25, 0.3) is 5.91 Å². The number of amides is 1. The van der Waals surface area contributed by atoms with E-state index in [9.17, 15) is 4.79 Å². The Morgan fingerprint density at radius 3 is 2.83 bits per heavy atom. The highest BCUT2D eigenvalue weighted by Crippen LogP contribution is 2.15. The molecule has 4 N–H and O–H groups in total. The number of nitrogens with one attached hydrogen (secondary N) is 1. The zero-order chi connectivity index (χ0) is 13.5. The van der Waals surface area contributed by atoms with Crippen molar-refractivity contribution in [2.24, 2.45) is 0 Å². The molecule has 0 aliphatic rings. The number of ether oxygens (including phenoxy) is 1. The summed E-state index contributed by atoms with van der Waals surface area (Å²) < 4.78 is 5.09. The molecule has 0 aromatic carbocycles. The average Bonchev–Trinajstić information content (AvgIpc) is 2.74. The molecule has 1 heterocycles. The molecule has 1 rings (SSSR count). The summed E-state index contributed by atoms with van der Waals surface area (Å²) >= 11 is 0. The van der Waals surface area contributed by atoms with Crippen LogP contribution in [0.5, 0.6) is 0 Å². The number of aromatic nitrogens is 2. The second-order valence-corrected chi connectivity index (χ2v) is 3.88. The van der Waals surface area contributed by atoms with Gasteiger partial charge in [-0.15, -0.1) is 0 Å². The summed E-state index contributed by atoms with van der Waals surface area (Å²) in [7, 11) is 1.66. The number of likely N-dealkylation sites (N-methyl/N-ethyl adjacent to an activating group) is 1. The van der Waals surface area contributed by atoms with Crippen LogP contribution in [0.3, 0.4) is 0 Å². The number of aliphatic hydroxyl groups excluding tert-OH is 1. The molecule has 7 heteroatoms. The monoisotopic (exact) mass is 256 g/mol. The summed E-state index contributed by atoms with van der Waals surface area (Å²) in [5, 5.41) is 15.2. The molecule has 0 bridgehead atoms. The highest BCUT2D eigenvalue weighted by molar-refractivity contribution is 5.97. The number of nitrogen functional groups attached to an aromatic ring is 1. The van der Waals surface area contributed by atoms with Crippen LogP contribution >= 0.6 is 0 Å². The second-order valence-electron chi connectivity index (χ2n) is 3.88. The summed E-state index contributed by atoms with van der Waals surface area (Å²) in [6.07, 6.45) is 0.704. The Kier molecular flexibility index (Phi) is 5.60. The summed E-state index contributed by atoms with van der Waals surface area (Å²) in [5.41, 5.74) is 7.25. The number of aromatic amines is 1. The van der Waals surface area contributed by atoms with Gasteiger partial charge in [0.1, 0.15) is 0 Å². The van der Waals surface area contributed by atoms with Gasteiger partial charge in [-0.2, -0.15) is 5.10 Å². The molecule has 0 spiro atoms. The lowest BCUT2D eigenvalue weighted by Crippen LogP contribution is -2.31. The smallest absolute Gasteiger partial charge is 0.276 e. The molecule has 1 aromatic rings. The van der Waals surface area contributed by atoms with Gasteiger partial charge in [0, 0.05) is 13.6 Å². The Balaban J connectivity index is 2.54. The average molecular weight is 256 g/mol. The number of aryl methyl sites for hydroxylation is 1. The van der Waals surface area contributed by atoms with E-state index in [1.165, 1.54) is 4.90 Å². The van der Waals surface area contributed by atoms with Crippen LogP contribution in [0.15, 0.2) is 0 Å². The van der Waals surface area contributed by atoms with Gasteiger partial charge in [0.2, 0.25) is 0 Å². The van der Waals surface area contributed by atoms with E-state index in [1.807, 2.05) is 6.92 Å². The first-order valence-corrected chi connectivity index (χ1v) is 5.88. The molecular formula is C11H20N4O3. The number of aliphatic hydroxyl groups is 1. The molecule has 7 nitrogen and oxygen atoms in total. The number of carbonyl (C=O) groups is 1. The molecule has 0 unspecified atom stereocenters. The van der Waals surface area contributed by atoms with E-state index in [4.69, 9.17) is 15.6 Å². The van der Waals surface area contributed by atoms with Crippen LogP contribution in [-0.2, 0) is 11.2 Å². The zero-order valence-electron chi connectivity index (χ0n) is 10.8. The topological polar surface area (TPSA) is 104 Å². The third-order valence-corrected chi connectivity index (χ3v) is 2.59. The Morgan fingerprint density at radius 1 is 1.56 bits per heavy atom. The van der Waals surface area contributed by atoms with E-state index in [0.717, 1.165) is 5.69 Å². The number of nitrogens with two attached hydrogens (primary N) is 1. The molecule has 0 radical (unpaired) electrons. The highest BCUT2D eigenvalue weighted by atomic mass is 16.5. The molecule has 0 aliphatic heterocycles. The highest BCUT2D eigenvalue weighted by Gasteiger charge is 2.19. The SMILES string of the molecule is CCc1[nH]nc(C(=O)N(C)CCOCCO)c1N. The van der Waals surface area contributed by atoms with Crippen molar-refractivity contribution in [2.75, 3.05) is 39.1 Å². The Hall–Kier alpha value is -1.60. The molecule has 18 heavy (non-hydrogen) atoms. The van der Waals surface area contributed by atoms with E-state index in [0.29, 0.717) is 25.3 Å². The molecule has 0 aliphatic carbocycles. The quantitative estimate of drug-likeness (QED) is 0.578. The van der Waals surface area contributed by atoms with E-state index >= 15 is 0 Å². The fourth-order valence-electron chi connectivity index (χ4n) is 1.47. The van der Waals surface area contributed by atoms with Crippen LogP contribution in [-0.4, -0.2) is 59.5 Å². The molecular weight excluding hydrogens is 236 g/mol. The van der Waals surface area contributed by atoms with Gasteiger partial charge in [-0.05, 0) is 6.42 Å². The molecule has 0 saturated carbocycles. The predicted octanol–water partition coefficient (Wildman–Crippen LogP) is -0.365. The number of nitrogens with zero attached hydrogens (tertiary/aromatic N) is 2. The number of H-pyrrole nitrogens is 1. The lowest BCUT2D eigenvalue weighted by atomic mass is 10.2. The number of anilines is 1. The van der Waals surface area contributed by atoms with Crippen molar-refractivity contribution >= 4 is 11.6 Å². The minimum atomic E-state index is -0.240. The van der Waals surface area contributed by atoms with E-state index in [1.54, 1.807) is 7.05 Å². The van der Waals surface area contributed by atoms with Gasteiger partial charge in [0.05, 0.1) is 31.2 Å². The molecule has 1 amide bonds. The van der Waals surface area contributed by atoms with Crippen molar-refractivity contribution in [1.82, 2.24) is 15.1 Å². The Bertz CT molecular complexity index is 392. The first-order valence-electron chi connectivity index (χ1n) is 5.88. The number of hydrogen-bond acceptors (Lipinski definition) is 5. The minimum Gasteiger partial charge on any atom is -0.395 e. The van der Waals surface area contributed by atoms with Gasteiger partial charge < -0.3 is 20.5 Å². The lowest BCUT2D eigenvalue weighted by Gasteiger charge is -2.16. The van der Waals surface area contributed by atoms with Gasteiger partial charge >= 0.3 is 0 Å².